The molecule has 20 heavy (non-hydrogen) atoms. The molecule has 0 radical (unpaired) electrons. The third kappa shape index (κ3) is 4.28. The van der Waals surface area contributed by atoms with Crippen molar-refractivity contribution in [1.29, 1.82) is 0 Å². The Morgan fingerprint density at radius 1 is 1.45 bits per heavy atom. The van der Waals surface area contributed by atoms with E-state index >= 15 is 0 Å². The summed E-state index contributed by atoms with van der Waals surface area (Å²) in [4.78, 5) is 17.1. The van der Waals surface area contributed by atoms with E-state index in [1.807, 2.05) is 0 Å². The van der Waals surface area contributed by atoms with Gasteiger partial charge in [0, 0.05) is 18.9 Å². The van der Waals surface area contributed by atoms with E-state index in [4.69, 9.17) is 5.73 Å². The first-order chi connectivity index (χ1) is 8.59. The first kappa shape index (κ1) is 19.1. The maximum Gasteiger partial charge on any atom is 0.242 e. The molecule has 1 saturated heterocycles. The molecule has 3 atom stereocenters. The van der Waals surface area contributed by atoms with Gasteiger partial charge in [-0.3, -0.25) is 9.78 Å². The van der Waals surface area contributed by atoms with E-state index in [1.165, 1.54) is 17.3 Å². The molecule has 1 unspecified atom stereocenters. The van der Waals surface area contributed by atoms with Crippen molar-refractivity contribution in [2.45, 2.75) is 24.7 Å². The van der Waals surface area contributed by atoms with E-state index in [2.05, 4.69) is 4.98 Å². The number of hydrogen-bond donors (Lipinski definition) is 2. The summed E-state index contributed by atoms with van der Waals surface area (Å²) in [7, 11) is 0. The van der Waals surface area contributed by atoms with E-state index in [1.54, 1.807) is 12.1 Å². The molecule has 8 heteroatoms. The lowest BCUT2D eigenvalue weighted by atomic mass is 10.0. The van der Waals surface area contributed by atoms with E-state index in [0.29, 0.717) is 18.5 Å². The average molecular weight is 326 g/mol. The molecule has 114 valence electrons. The quantitative estimate of drug-likeness (QED) is 0.863. The number of carbonyl (C=O) groups excluding carboxylic acids is 1. The fraction of sp³-hybridized carbons (Fsp3) is 0.500. The highest BCUT2D eigenvalue weighted by atomic mass is 35.5. The summed E-state index contributed by atoms with van der Waals surface area (Å²) in [6.07, 6.45) is 1.29. The molecular weight excluding hydrogens is 308 g/mol. The number of carbonyl (C=O) groups is 1. The zero-order valence-electron chi connectivity index (χ0n) is 10.7. The Labute approximate surface area is 129 Å². The van der Waals surface area contributed by atoms with Crippen LogP contribution < -0.4 is 5.73 Å². The Bertz CT molecular complexity index is 424. The zero-order chi connectivity index (χ0) is 13.1. The van der Waals surface area contributed by atoms with Crippen LogP contribution in [0.3, 0.4) is 0 Å². The fourth-order valence-corrected chi connectivity index (χ4v) is 2.03. The zero-order valence-corrected chi connectivity index (χ0v) is 12.3. The van der Waals surface area contributed by atoms with Crippen LogP contribution in [0.25, 0.3) is 0 Å². The number of halogens is 3. The van der Waals surface area contributed by atoms with Gasteiger partial charge in [0.05, 0.1) is 6.54 Å². The van der Waals surface area contributed by atoms with Crippen LogP contribution in [-0.4, -0.2) is 46.2 Å². The van der Waals surface area contributed by atoms with Crippen molar-refractivity contribution in [3.63, 3.8) is 0 Å². The monoisotopic (exact) mass is 325 g/mol. The Morgan fingerprint density at radius 2 is 2.05 bits per heavy atom. The molecule has 2 rings (SSSR count). The van der Waals surface area contributed by atoms with Gasteiger partial charge in [0.2, 0.25) is 5.91 Å². The second-order valence-electron chi connectivity index (χ2n) is 4.42. The molecule has 3 N–H and O–H groups in total. The average Bonchev–Trinajstić information content (AvgIpc) is 2.84. The number of aromatic nitrogens is 1. The maximum absolute atomic E-state index is 13.0. The van der Waals surface area contributed by atoms with Crippen molar-refractivity contribution in [3.8, 4) is 0 Å². The van der Waals surface area contributed by atoms with Crippen molar-refractivity contribution in [3.05, 3.63) is 30.1 Å². The van der Waals surface area contributed by atoms with Gasteiger partial charge < -0.3 is 15.7 Å². The number of pyridine rings is 1. The molecule has 1 aromatic heterocycles. The Hall–Kier alpha value is -0.950. The molecule has 1 aliphatic rings. The standard InChI is InChI=1S/C12H16FN3O2.2ClH/c13-9-3-6-16(7-9)12(18)10(14)11(17)8-1-4-15-5-2-8;;/h1-2,4-5,9-11,17H,3,6-7,14H2;2*1H/t9?,10-,11+;;/m1../s1. The normalized spacial score (nSPS) is 20.6. The van der Waals surface area contributed by atoms with E-state index < -0.39 is 24.2 Å². The summed E-state index contributed by atoms with van der Waals surface area (Å²) in [6.45, 7) is 0.423. The highest BCUT2D eigenvalue weighted by molar-refractivity contribution is 5.85. The van der Waals surface area contributed by atoms with Gasteiger partial charge in [-0.1, -0.05) is 0 Å². The number of hydrogen-bond acceptors (Lipinski definition) is 4. The minimum absolute atomic E-state index is 0. The molecule has 2 heterocycles. The number of likely N-dealkylation sites (tertiary alicyclic amines) is 1. The maximum atomic E-state index is 13.0. The van der Waals surface area contributed by atoms with Gasteiger partial charge in [-0.25, -0.2) is 4.39 Å². The summed E-state index contributed by atoms with van der Waals surface area (Å²) in [6, 6.07) is 2.12. The summed E-state index contributed by atoms with van der Waals surface area (Å²) in [5.41, 5.74) is 6.26. The Balaban J connectivity index is 0.00000180. The van der Waals surface area contributed by atoms with Gasteiger partial charge in [-0.2, -0.15) is 0 Å². The summed E-state index contributed by atoms with van der Waals surface area (Å²) < 4.78 is 13.0. The largest absolute Gasteiger partial charge is 0.386 e. The van der Waals surface area contributed by atoms with Gasteiger partial charge in [0.25, 0.3) is 0 Å². The van der Waals surface area contributed by atoms with Gasteiger partial charge in [0.15, 0.2) is 0 Å². The first-order valence-corrected chi connectivity index (χ1v) is 5.86. The van der Waals surface area contributed by atoms with Gasteiger partial charge in [0.1, 0.15) is 18.3 Å². The van der Waals surface area contributed by atoms with Crippen LogP contribution in [0.1, 0.15) is 18.1 Å². The number of aliphatic hydroxyl groups excluding tert-OH is 1. The van der Waals surface area contributed by atoms with Gasteiger partial charge in [-0.05, 0) is 24.1 Å². The molecule has 5 nitrogen and oxygen atoms in total. The van der Waals surface area contributed by atoms with E-state index in [9.17, 15) is 14.3 Å². The van der Waals surface area contributed by atoms with Crippen LogP contribution in [0.2, 0.25) is 0 Å². The van der Waals surface area contributed by atoms with Crippen LogP contribution in [0, 0.1) is 0 Å². The SMILES string of the molecule is Cl.Cl.N[C@@H](C(=O)N1CCC(F)C1)[C@@H](O)c1ccncc1. The topological polar surface area (TPSA) is 79.5 Å². The van der Waals surface area contributed by atoms with Crippen molar-refractivity contribution in [2.75, 3.05) is 13.1 Å². The molecule has 1 fully saturated rings. The smallest absolute Gasteiger partial charge is 0.242 e. The molecule has 0 aromatic carbocycles. The van der Waals surface area contributed by atoms with Crippen LogP contribution in [0.5, 0.6) is 0 Å². The number of aliphatic hydroxyl groups is 1. The van der Waals surface area contributed by atoms with Crippen LogP contribution in [0.15, 0.2) is 24.5 Å². The van der Waals surface area contributed by atoms with E-state index in [-0.39, 0.29) is 31.4 Å². The van der Waals surface area contributed by atoms with Gasteiger partial charge >= 0.3 is 0 Å². The highest BCUT2D eigenvalue weighted by Crippen LogP contribution is 2.19. The van der Waals surface area contributed by atoms with Crippen LogP contribution in [0.4, 0.5) is 4.39 Å². The number of amides is 1. The van der Waals surface area contributed by atoms with Crippen molar-refractivity contribution >= 4 is 30.7 Å². The minimum Gasteiger partial charge on any atom is -0.386 e. The second kappa shape index (κ2) is 8.36. The lowest BCUT2D eigenvalue weighted by Crippen LogP contribution is -2.46. The van der Waals surface area contributed by atoms with Gasteiger partial charge in [-0.15, -0.1) is 24.8 Å². The lowest BCUT2D eigenvalue weighted by Gasteiger charge is -2.23. The van der Waals surface area contributed by atoms with E-state index in [0.717, 1.165) is 0 Å². The Kier molecular flexibility index (Phi) is 7.96. The molecule has 0 saturated carbocycles. The molecule has 0 bridgehead atoms. The third-order valence-corrected chi connectivity index (χ3v) is 3.12. The summed E-state index contributed by atoms with van der Waals surface area (Å²) in [5.74, 6) is -0.417. The van der Waals surface area contributed by atoms with Crippen molar-refractivity contribution < 1.29 is 14.3 Å². The molecule has 0 spiro atoms. The summed E-state index contributed by atoms with van der Waals surface area (Å²) in [5, 5.41) is 9.99. The highest BCUT2D eigenvalue weighted by Gasteiger charge is 2.32. The minimum atomic E-state index is -1.10. The Morgan fingerprint density at radius 3 is 2.55 bits per heavy atom. The van der Waals surface area contributed by atoms with Crippen LogP contribution in [-0.2, 0) is 4.79 Å². The van der Waals surface area contributed by atoms with Crippen LogP contribution >= 0.6 is 24.8 Å². The predicted octanol–water partition coefficient (Wildman–Crippen LogP) is 0.856. The molecule has 1 aromatic rings. The van der Waals surface area contributed by atoms with Crippen molar-refractivity contribution in [1.82, 2.24) is 9.88 Å². The fourth-order valence-electron chi connectivity index (χ4n) is 2.03. The molecule has 0 aliphatic carbocycles. The number of rotatable bonds is 3. The molecule has 1 amide bonds. The molecular formula is C12H18Cl2FN3O2. The van der Waals surface area contributed by atoms with Crippen molar-refractivity contribution in [2.24, 2.45) is 5.73 Å². The predicted molar refractivity (Wildman–Crippen MR) is 77.8 cm³/mol. The molecule has 1 aliphatic heterocycles. The second-order valence-corrected chi connectivity index (χ2v) is 4.42. The number of nitrogens with zero attached hydrogens (tertiary/aromatic N) is 2. The number of alkyl halides is 1. The lowest BCUT2D eigenvalue weighted by molar-refractivity contribution is -0.134. The summed E-state index contributed by atoms with van der Waals surface area (Å²) >= 11 is 0. The third-order valence-electron chi connectivity index (χ3n) is 3.12. The first-order valence-electron chi connectivity index (χ1n) is 5.86. The number of nitrogens with two attached hydrogens (primary N) is 1.